The quantitative estimate of drug-likeness (QED) is 0.748. The van der Waals surface area contributed by atoms with E-state index in [1.807, 2.05) is 0 Å². The molecule has 6 nitrogen and oxygen atoms in total. The van der Waals surface area contributed by atoms with Crippen LogP contribution in [0.4, 0.5) is 14.9 Å². The lowest BCUT2D eigenvalue weighted by molar-refractivity contribution is 0.206. The van der Waals surface area contributed by atoms with Crippen molar-refractivity contribution < 1.29 is 14.3 Å². The molecule has 0 spiro atoms. The number of amides is 2. The third-order valence-corrected chi connectivity index (χ3v) is 4.45. The molecule has 1 saturated carbocycles. The largest absolute Gasteiger partial charge is 0.396 e. The summed E-state index contributed by atoms with van der Waals surface area (Å²) in [6, 6.07) is 8.61. The first-order valence-corrected chi connectivity index (χ1v) is 8.11. The van der Waals surface area contributed by atoms with Crippen molar-refractivity contribution in [3.63, 3.8) is 0 Å². The van der Waals surface area contributed by atoms with E-state index in [-0.39, 0.29) is 35.6 Å². The number of hydrogen-bond acceptors (Lipinski definition) is 3. The van der Waals surface area contributed by atoms with E-state index in [4.69, 9.17) is 0 Å². The lowest BCUT2D eigenvalue weighted by atomic mass is 10.1. The molecule has 1 aromatic carbocycles. The van der Waals surface area contributed by atoms with E-state index in [0.29, 0.717) is 6.54 Å². The zero-order valence-electron chi connectivity index (χ0n) is 13.7. The topological polar surface area (TPSA) is 83.4 Å². The third-order valence-electron chi connectivity index (χ3n) is 4.45. The van der Waals surface area contributed by atoms with Crippen molar-refractivity contribution in [3.05, 3.63) is 64.3 Å². The van der Waals surface area contributed by atoms with E-state index in [2.05, 4.69) is 10.6 Å². The molecule has 3 rings (SSSR count). The summed E-state index contributed by atoms with van der Waals surface area (Å²) in [4.78, 5) is 24.4. The highest BCUT2D eigenvalue weighted by Crippen LogP contribution is 2.44. The van der Waals surface area contributed by atoms with Crippen LogP contribution in [-0.2, 0) is 6.54 Å². The van der Waals surface area contributed by atoms with Crippen LogP contribution in [0.3, 0.4) is 0 Å². The molecule has 1 fully saturated rings. The molecule has 0 aliphatic heterocycles. The number of rotatable bonds is 6. The number of carbonyl (C=O) groups excluding carboxylic acids is 1. The number of hydrogen-bond donors (Lipinski definition) is 3. The van der Waals surface area contributed by atoms with Crippen molar-refractivity contribution in [2.45, 2.75) is 19.4 Å². The van der Waals surface area contributed by atoms with Gasteiger partial charge in [0.05, 0.1) is 13.2 Å². The van der Waals surface area contributed by atoms with Gasteiger partial charge in [0.15, 0.2) is 0 Å². The van der Waals surface area contributed by atoms with Crippen LogP contribution in [0.2, 0.25) is 0 Å². The molecular formula is C18H20FN3O3. The van der Waals surface area contributed by atoms with Crippen LogP contribution in [0.5, 0.6) is 0 Å². The average Bonchev–Trinajstić information content (AvgIpc) is 3.39. The molecule has 2 amide bonds. The molecule has 0 atom stereocenters. The van der Waals surface area contributed by atoms with Gasteiger partial charge in [0.2, 0.25) is 0 Å². The fourth-order valence-electron chi connectivity index (χ4n) is 2.54. The Bertz CT molecular complexity index is 813. The number of nitrogens with one attached hydrogen (secondary N) is 2. The number of aliphatic hydroxyl groups excluding tert-OH is 1. The summed E-state index contributed by atoms with van der Waals surface area (Å²) < 4.78 is 14.4. The van der Waals surface area contributed by atoms with Gasteiger partial charge in [-0.1, -0.05) is 12.1 Å². The van der Waals surface area contributed by atoms with Gasteiger partial charge in [-0.25, -0.2) is 9.18 Å². The number of pyridine rings is 1. The molecule has 0 radical (unpaired) electrons. The minimum Gasteiger partial charge on any atom is -0.396 e. The second-order valence-corrected chi connectivity index (χ2v) is 6.45. The Labute approximate surface area is 144 Å². The summed E-state index contributed by atoms with van der Waals surface area (Å²) in [5.74, 6) is -0.334. The Kier molecular flexibility index (Phi) is 4.85. The van der Waals surface area contributed by atoms with Crippen LogP contribution in [0.15, 0.2) is 47.4 Å². The molecule has 25 heavy (non-hydrogen) atoms. The Balaban J connectivity index is 1.65. The Morgan fingerprint density at radius 2 is 1.96 bits per heavy atom. The first kappa shape index (κ1) is 17.2. The van der Waals surface area contributed by atoms with Crippen molar-refractivity contribution in [1.82, 2.24) is 9.88 Å². The van der Waals surface area contributed by atoms with Crippen LogP contribution in [0, 0.1) is 11.2 Å². The molecule has 1 aliphatic rings. The van der Waals surface area contributed by atoms with Gasteiger partial charge in [0.25, 0.3) is 5.56 Å². The number of halogens is 1. The molecule has 1 aliphatic carbocycles. The average molecular weight is 345 g/mol. The van der Waals surface area contributed by atoms with Crippen molar-refractivity contribution in [1.29, 1.82) is 0 Å². The smallest absolute Gasteiger partial charge is 0.319 e. The summed E-state index contributed by atoms with van der Waals surface area (Å²) in [6.07, 6.45) is 3.39. The van der Waals surface area contributed by atoms with E-state index in [9.17, 15) is 19.1 Å². The number of nitrogens with zero attached hydrogens (tertiary/aromatic N) is 1. The third kappa shape index (κ3) is 4.24. The van der Waals surface area contributed by atoms with Crippen molar-refractivity contribution in [3.8, 4) is 0 Å². The molecule has 0 saturated heterocycles. The minimum atomic E-state index is -0.476. The van der Waals surface area contributed by atoms with E-state index < -0.39 is 6.03 Å². The van der Waals surface area contributed by atoms with Gasteiger partial charge in [0, 0.05) is 18.2 Å². The molecule has 2 aromatic rings. The second-order valence-electron chi connectivity index (χ2n) is 6.45. The highest BCUT2D eigenvalue weighted by Gasteiger charge is 2.42. The van der Waals surface area contributed by atoms with Gasteiger partial charge in [-0.05, 0) is 42.7 Å². The molecule has 0 unspecified atom stereocenters. The molecule has 3 N–H and O–H groups in total. The summed E-state index contributed by atoms with van der Waals surface area (Å²) in [5, 5.41) is 14.5. The number of aromatic nitrogens is 1. The monoisotopic (exact) mass is 345 g/mol. The van der Waals surface area contributed by atoms with Crippen LogP contribution < -0.4 is 16.2 Å². The maximum absolute atomic E-state index is 13.0. The SMILES string of the molecule is O=C(NCC1(CO)CC1)Nc1cccn(Cc2ccc(F)cc2)c1=O. The normalized spacial score (nSPS) is 14.8. The summed E-state index contributed by atoms with van der Waals surface area (Å²) in [7, 11) is 0. The van der Waals surface area contributed by atoms with E-state index >= 15 is 0 Å². The fraction of sp³-hybridized carbons (Fsp3) is 0.333. The minimum absolute atomic E-state index is 0.0447. The van der Waals surface area contributed by atoms with Crippen LogP contribution in [0.1, 0.15) is 18.4 Å². The van der Waals surface area contributed by atoms with Crippen molar-refractivity contribution in [2.75, 3.05) is 18.5 Å². The molecular weight excluding hydrogens is 325 g/mol. The van der Waals surface area contributed by atoms with E-state index in [1.165, 1.54) is 22.8 Å². The predicted molar refractivity (Wildman–Crippen MR) is 92.0 cm³/mol. The number of aliphatic hydroxyl groups is 1. The van der Waals surface area contributed by atoms with E-state index in [0.717, 1.165) is 18.4 Å². The molecule has 132 valence electrons. The van der Waals surface area contributed by atoms with Gasteiger partial charge in [0.1, 0.15) is 11.5 Å². The van der Waals surface area contributed by atoms with Crippen molar-refractivity contribution >= 4 is 11.7 Å². The maximum atomic E-state index is 13.0. The summed E-state index contributed by atoms with van der Waals surface area (Å²) in [5.41, 5.74) is 0.404. The number of carbonyl (C=O) groups is 1. The molecule has 1 heterocycles. The number of anilines is 1. The molecule has 7 heteroatoms. The number of benzene rings is 1. The van der Waals surface area contributed by atoms with Gasteiger partial charge < -0.3 is 20.3 Å². The van der Waals surface area contributed by atoms with Crippen LogP contribution >= 0.6 is 0 Å². The first-order valence-electron chi connectivity index (χ1n) is 8.11. The van der Waals surface area contributed by atoms with Gasteiger partial charge in [-0.2, -0.15) is 0 Å². The maximum Gasteiger partial charge on any atom is 0.319 e. The highest BCUT2D eigenvalue weighted by atomic mass is 19.1. The standard InChI is InChI=1S/C18H20FN3O3/c19-14-5-3-13(4-6-14)10-22-9-1-2-15(16(22)24)21-17(25)20-11-18(12-23)7-8-18/h1-6,9,23H,7-8,10-12H2,(H2,20,21,25). The second kappa shape index (κ2) is 7.06. The van der Waals surface area contributed by atoms with Crippen LogP contribution in [-0.4, -0.2) is 28.9 Å². The highest BCUT2D eigenvalue weighted by molar-refractivity contribution is 5.89. The van der Waals surface area contributed by atoms with E-state index in [1.54, 1.807) is 24.4 Å². The van der Waals surface area contributed by atoms with Gasteiger partial charge in [-0.3, -0.25) is 4.79 Å². The summed E-state index contributed by atoms with van der Waals surface area (Å²) in [6.45, 7) is 0.707. The van der Waals surface area contributed by atoms with Gasteiger partial charge >= 0.3 is 6.03 Å². The Hall–Kier alpha value is -2.67. The zero-order chi connectivity index (χ0) is 17.9. The summed E-state index contributed by atoms with van der Waals surface area (Å²) >= 11 is 0. The lowest BCUT2D eigenvalue weighted by Gasteiger charge is -2.14. The predicted octanol–water partition coefficient (Wildman–Crippen LogP) is 1.93. The molecule has 0 bridgehead atoms. The Morgan fingerprint density at radius 1 is 1.24 bits per heavy atom. The zero-order valence-corrected chi connectivity index (χ0v) is 13.7. The first-order chi connectivity index (χ1) is 12.0. The fourth-order valence-corrected chi connectivity index (χ4v) is 2.54. The van der Waals surface area contributed by atoms with Crippen molar-refractivity contribution in [2.24, 2.45) is 5.41 Å². The Morgan fingerprint density at radius 3 is 2.60 bits per heavy atom. The lowest BCUT2D eigenvalue weighted by Crippen LogP contribution is -2.37. The number of urea groups is 1. The van der Waals surface area contributed by atoms with Crippen LogP contribution in [0.25, 0.3) is 0 Å². The van der Waals surface area contributed by atoms with Gasteiger partial charge in [-0.15, -0.1) is 0 Å². The molecule has 1 aromatic heterocycles.